The second kappa shape index (κ2) is 5.70. The van der Waals surface area contributed by atoms with Crippen molar-refractivity contribution in [2.45, 2.75) is 16.8 Å². The molecule has 2 aromatic rings. The maximum absolute atomic E-state index is 5.33. The van der Waals surface area contributed by atoms with Crippen molar-refractivity contribution >= 4 is 17.7 Å². The van der Waals surface area contributed by atoms with Gasteiger partial charge in [0.15, 0.2) is 0 Å². The van der Waals surface area contributed by atoms with E-state index in [9.17, 15) is 0 Å². The first-order valence-electron chi connectivity index (χ1n) is 5.36. The Balaban J connectivity index is 2.30. The van der Waals surface area contributed by atoms with Gasteiger partial charge in [-0.25, -0.2) is 15.8 Å². The molecule has 2 rings (SSSR count). The monoisotopic (exact) mass is 262 g/mol. The summed E-state index contributed by atoms with van der Waals surface area (Å²) in [4.78, 5) is 9.43. The lowest BCUT2D eigenvalue weighted by atomic mass is 10.3. The minimum atomic E-state index is 0.410. The quantitative estimate of drug-likeness (QED) is 0.500. The third-order valence-electron chi connectivity index (χ3n) is 2.24. The molecule has 0 unspecified atom stereocenters. The summed E-state index contributed by atoms with van der Waals surface area (Å²) >= 11 is 1.51. The Bertz CT molecular complexity index is 547. The van der Waals surface area contributed by atoms with Gasteiger partial charge < -0.3 is 4.74 Å². The van der Waals surface area contributed by atoms with Crippen LogP contribution in [0, 0.1) is 6.92 Å². The van der Waals surface area contributed by atoms with Crippen molar-refractivity contribution in [3.05, 3.63) is 36.0 Å². The Kier molecular flexibility index (Phi) is 4.01. The number of hydrogen-bond donors (Lipinski definition) is 2. The van der Waals surface area contributed by atoms with E-state index in [0.29, 0.717) is 5.95 Å². The summed E-state index contributed by atoms with van der Waals surface area (Å²) in [5.41, 5.74) is 3.31. The predicted molar refractivity (Wildman–Crippen MR) is 71.7 cm³/mol. The largest absolute Gasteiger partial charge is 0.496 e. The first-order chi connectivity index (χ1) is 8.72. The van der Waals surface area contributed by atoms with Gasteiger partial charge in [0.1, 0.15) is 10.8 Å². The average Bonchev–Trinajstić information content (AvgIpc) is 2.38. The number of nitrogens with two attached hydrogens (primary N) is 1. The van der Waals surface area contributed by atoms with Gasteiger partial charge in [-0.3, -0.25) is 5.43 Å². The van der Waals surface area contributed by atoms with Crippen LogP contribution in [0.15, 0.2) is 40.3 Å². The minimum Gasteiger partial charge on any atom is -0.496 e. The van der Waals surface area contributed by atoms with Crippen LogP contribution >= 0.6 is 11.8 Å². The summed E-state index contributed by atoms with van der Waals surface area (Å²) < 4.78 is 5.30. The smallest absolute Gasteiger partial charge is 0.238 e. The molecule has 0 aliphatic heterocycles. The van der Waals surface area contributed by atoms with Gasteiger partial charge in [0.2, 0.25) is 5.95 Å². The Labute approximate surface area is 110 Å². The van der Waals surface area contributed by atoms with Crippen LogP contribution in [-0.2, 0) is 0 Å². The molecule has 3 N–H and O–H groups in total. The summed E-state index contributed by atoms with van der Waals surface area (Å²) in [7, 11) is 1.65. The lowest BCUT2D eigenvalue weighted by Gasteiger charge is -2.08. The van der Waals surface area contributed by atoms with E-state index in [0.717, 1.165) is 21.4 Å². The van der Waals surface area contributed by atoms with Crippen LogP contribution in [0.1, 0.15) is 5.69 Å². The average molecular weight is 262 g/mol. The molecule has 1 heterocycles. The van der Waals surface area contributed by atoms with Crippen molar-refractivity contribution in [1.82, 2.24) is 9.97 Å². The number of para-hydroxylation sites is 1. The SMILES string of the molecule is COc1ccccc1Sc1cc(C)nc(NN)n1. The van der Waals surface area contributed by atoms with Crippen LogP contribution in [0.2, 0.25) is 0 Å². The molecule has 0 atom stereocenters. The molecule has 0 radical (unpaired) electrons. The highest BCUT2D eigenvalue weighted by Gasteiger charge is 2.07. The highest BCUT2D eigenvalue weighted by atomic mass is 32.2. The van der Waals surface area contributed by atoms with Gasteiger partial charge in [-0.05, 0) is 25.1 Å². The standard InChI is InChI=1S/C12H14N4OS/c1-8-7-11(15-12(14-8)16-13)18-10-6-4-3-5-9(10)17-2/h3-7H,13H2,1-2H3,(H,14,15,16). The van der Waals surface area contributed by atoms with Crippen molar-refractivity contribution in [3.63, 3.8) is 0 Å². The number of nitrogens with zero attached hydrogens (tertiary/aromatic N) is 2. The Hall–Kier alpha value is -1.79. The number of hydrogen-bond acceptors (Lipinski definition) is 6. The maximum atomic E-state index is 5.33. The van der Waals surface area contributed by atoms with E-state index < -0.39 is 0 Å². The molecule has 0 aliphatic rings. The molecule has 0 saturated heterocycles. The van der Waals surface area contributed by atoms with E-state index in [-0.39, 0.29) is 0 Å². The molecule has 1 aromatic carbocycles. The number of anilines is 1. The molecule has 1 aromatic heterocycles. The van der Waals surface area contributed by atoms with Gasteiger partial charge in [0.25, 0.3) is 0 Å². The van der Waals surface area contributed by atoms with E-state index >= 15 is 0 Å². The third-order valence-corrected chi connectivity index (χ3v) is 3.22. The molecule has 0 saturated carbocycles. The maximum Gasteiger partial charge on any atom is 0.238 e. The first-order valence-corrected chi connectivity index (χ1v) is 6.17. The number of nitrogens with one attached hydrogen (secondary N) is 1. The zero-order valence-electron chi connectivity index (χ0n) is 10.2. The van der Waals surface area contributed by atoms with Crippen LogP contribution in [0.3, 0.4) is 0 Å². The number of aryl methyl sites for hydroxylation is 1. The van der Waals surface area contributed by atoms with E-state index in [1.165, 1.54) is 11.8 Å². The molecule has 18 heavy (non-hydrogen) atoms. The summed E-state index contributed by atoms with van der Waals surface area (Å²) in [6.45, 7) is 1.90. The number of ether oxygens (including phenoxy) is 1. The Morgan fingerprint density at radius 2 is 2.06 bits per heavy atom. The lowest BCUT2D eigenvalue weighted by molar-refractivity contribution is 0.405. The molecular formula is C12H14N4OS. The van der Waals surface area contributed by atoms with Crippen molar-refractivity contribution in [2.24, 2.45) is 5.84 Å². The number of methoxy groups -OCH3 is 1. The number of hydrazine groups is 1. The van der Waals surface area contributed by atoms with Gasteiger partial charge in [-0.1, -0.05) is 23.9 Å². The Morgan fingerprint density at radius 3 is 2.78 bits per heavy atom. The van der Waals surface area contributed by atoms with Crippen molar-refractivity contribution < 1.29 is 4.74 Å². The topological polar surface area (TPSA) is 73.1 Å². The molecule has 0 amide bonds. The van der Waals surface area contributed by atoms with Gasteiger partial charge in [0.05, 0.1) is 12.0 Å². The number of rotatable bonds is 4. The van der Waals surface area contributed by atoms with Crippen LogP contribution in [-0.4, -0.2) is 17.1 Å². The van der Waals surface area contributed by atoms with Crippen molar-refractivity contribution in [1.29, 1.82) is 0 Å². The molecule has 0 spiro atoms. The molecule has 5 nitrogen and oxygen atoms in total. The molecule has 6 heteroatoms. The van der Waals surface area contributed by atoms with Crippen LogP contribution in [0.5, 0.6) is 5.75 Å². The summed E-state index contributed by atoms with van der Waals surface area (Å²) in [6.07, 6.45) is 0. The second-order valence-corrected chi connectivity index (χ2v) is 4.63. The normalized spacial score (nSPS) is 10.2. The van der Waals surface area contributed by atoms with E-state index in [4.69, 9.17) is 10.6 Å². The summed E-state index contributed by atoms with van der Waals surface area (Å²) in [6, 6.07) is 9.69. The van der Waals surface area contributed by atoms with Crippen LogP contribution in [0.4, 0.5) is 5.95 Å². The van der Waals surface area contributed by atoms with Gasteiger partial charge >= 0.3 is 0 Å². The second-order valence-electron chi connectivity index (χ2n) is 3.57. The van der Waals surface area contributed by atoms with Crippen LogP contribution in [0.25, 0.3) is 0 Å². The van der Waals surface area contributed by atoms with Crippen LogP contribution < -0.4 is 16.0 Å². The fourth-order valence-corrected chi connectivity index (χ4v) is 2.46. The molecular weight excluding hydrogens is 248 g/mol. The fourth-order valence-electron chi connectivity index (χ4n) is 1.47. The van der Waals surface area contributed by atoms with E-state index in [1.807, 2.05) is 37.3 Å². The molecule has 0 fully saturated rings. The number of aromatic nitrogens is 2. The lowest BCUT2D eigenvalue weighted by Crippen LogP contribution is -2.11. The zero-order chi connectivity index (χ0) is 13.0. The summed E-state index contributed by atoms with van der Waals surface area (Å²) in [5.74, 6) is 6.56. The van der Waals surface area contributed by atoms with Crippen molar-refractivity contribution in [2.75, 3.05) is 12.5 Å². The van der Waals surface area contributed by atoms with Gasteiger partial charge in [-0.15, -0.1) is 0 Å². The molecule has 0 aliphatic carbocycles. The molecule has 0 bridgehead atoms. The summed E-state index contributed by atoms with van der Waals surface area (Å²) in [5, 5.41) is 0.819. The van der Waals surface area contributed by atoms with E-state index in [2.05, 4.69) is 15.4 Å². The minimum absolute atomic E-state index is 0.410. The highest BCUT2D eigenvalue weighted by molar-refractivity contribution is 7.99. The van der Waals surface area contributed by atoms with Gasteiger partial charge in [-0.2, -0.15) is 0 Å². The van der Waals surface area contributed by atoms with Gasteiger partial charge in [0, 0.05) is 5.69 Å². The first kappa shape index (κ1) is 12.7. The number of benzene rings is 1. The highest BCUT2D eigenvalue weighted by Crippen LogP contribution is 2.33. The molecule has 94 valence electrons. The predicted octanol–water partition coefficient (Wildman–Crippen LogP) is 2.23. The number of nitrogen functional groups attached to an aromatic ring is 1. The fraction of sp³-hybridized carbons (Fsp3) is 0.167. The third kappa shape index (κ3) is 2.91. The van der Waals surface area contributed by atoms with Crippen molar-refractivity contribution in [3.8, 4) is 5.75 Å². The zero-order valence-corrected chi connectivity index (χ0v) is 11.0. The Morgan fingerprint density at radius 1 is 1.28 bits per heavy atom. The van der Waals surface area contributed by atoms with E-state index in [1.54, 1.807) is 7.11 Å².